The number of hydrogen-bond donors (Lipinski definition) is 0. The third-order valence-corrected chi connectivity index (χ3v) is 2.06. The maximum Gasteiger partial charge on any atom is 0.115 e. The molecule has 2 rings (SSSR count). The van der Waals surface area contributed by atoms with Crippen LogP contribution in [0.15, 0.2) is 42.9 Å². The Hall–Kier alpha value is -2.28. The van der Waals surface area contributed by atoms with Crippen LogP contribution >= 0.6 is 0 Å². The van der Waals surface area contributed by atoms with Gasteiger partial charge in [-0.2, -0.15) is 15.5 Å². The number of aromatic nitrogens is 3. The van der Waals surface area contributed by atoms with E-state index in [2.05, 4.69) is 21.3 Å². The predicted molar refractivity (Wildman–Crippen MR) is 53.7 cm³/mol. The van der Waals surface area contributed by atoms with Gasteiger partial charge in [-0.1, -0.05) is 0 Å². The zero-order valence-electron chi connectivity index (χ0n) is 7.91. The van der Waals surface area contributed by atoms with Crippen molar-refractivity contribution in [2.45, 2.75) is 5.92 Å². The molecule has 0 N–H and O–H groups in total. The van der Waals surface area contributed by atoms with Gasteiger partial charge in [0.25, 0.3) is 0 Å². The fourth-order valence-corrected chi connectivity index (χ4v) is 1.33. The van der Waals surface area contributed by atoms with Crippen LogP contribution in [0.2, 0.25) is 0 Å². The molecule has 72 valence electrons. The predicted octanol–water partition coefficient (Wildman–Crippen LogP) is 1.53. The van der Waals surface area contributed by atoms with Gasteiger partial charge in [-0.25, -0.2) is 0 Å². The van der Waals surface area contributed by atoms with E-state index in [1.165, 1.54) is 0 Å². The average molecular weight is 196 g/mol. The van der Waals surface area contributed by atoms with Crippen molar-refractivity contribution >= 4 is 0 Å². The van der Waals surface area contributed by atoms with E-state index in [1.54, 1.807) is 30.7 Å². The fraction of sp³-hybridized carbons (Fsp3) is 0.0909. The Morgan fingerprint density at radius 3 is 2.53 bits per heavy atom. The van der Waals surface area contributed by atoms with E-state index in [4.69, 9.17) is 5.26 Å². The summed E-state index contributed by atoms with van der Waals surface area (Å²) in [4.78, 5) is 3.91. The zero-order chi connectivity index (χ0) is 10.5. The summed E-state index contributed by atoms with van der Waals surface area (Å²) >= 11 is 0. The lowest BCUT2D eigenvalue weighted by Gasteiger charge is -2.06. The topological polar surface area (TPSA) is 62.5 Å². The number of hydrogen-bond acceptors (Lipinski definition) is 4. The van der Waals surface area contributed by atoms with Gasteiger partial charge in [-0.3, -0.25) is 4.98 Å². The van der Waals surface area contributed by atoms with Gasteiger partial charge >= 0.3 is 0 Å². The van der Waals surface area contributed by atoms with E-state index in [9.17, 15) is 0 Å². The Balaban J connectivity index is 2.39. The summed E-state index contributed by atoms with van der Waals surface area (Å²) in [5, 5.41) is 16.8. The van der Waals surface area contributed by atoms with Crippen LogP contribution in [0, 0.1) is 11.3 Å². The standard InChI is InChI=1S/C11H8N4/c12-8-10(9-3-6-13-7-4-9)11-2-1-5-14-15-11/h1-7,10H. The molecule has 0 aromatic carbocycles. The Labute approximate surface area is 87.2 Å². The molecule has 0 aliphatic rings. The normalized spacial score (nSPS) is 11.7. The molecular weight excluding hydrogens is 188 g/mol. The number of pyridine rings is 1. The highest BCUT2D eigenvalue weighted by Crippen LogP contribution is 2.20. The first-order valence-corrected chi connectivity index (χ1v) is 4.49. The molecule has 0 bridgehead atoms. The summed E-state index contributed by atoms with van der Waals surface area (Å²) in [6.45, 7) is 0. The molecule has 4 heteroatoms. The van der Waals surface area contributed by atoms with E-state index >= 15 is 0 Å². The van der Waals surface area contributed by atoms with Crippen molar-refractivity contribution < 1.29 is 0 Å². The molecule has 0 aliphatic carbocycles. The van der Waals surface area contributed by atoms with Crippen molar-refractivity contribution in [1.82, 2.24) is 15.2 Å². The van der Waals surface area contributed by atoms with Gasteiger partial charge in [-0.15, -0.1) is 0 Å². The summed E-state index contributed by atoms with van der Waals surface area (Å²) in [7, 11) is 0. The van der Waals surface area contributed by atoms with Crippen LogP contribution in [0.1, 0.15) is 17.2 Å². The largest absolute Gasteiger partial charge is 0.265 e. The van der Waals surface area contributed by atoms with E-state index in [1.807, 2.05) is 12.1 Å². The molecule has 0 aliphatic heterocycles. The highest BCUT2D eigenvalue weighted by molar-refractivity contribution is 5.32. The first-order valence-electron chi connectivity index (χ1n) is 4.49. The molecule has 1 unspecified atom stereocenters. The molecule has 2 aromatic heterocycles. The lowest BCUT2D eigenvalue weighted by molar-refractivity contribution is 0.882. The van der Waals surface area contributed by atoms with Gasteiger partial charge in [0.15, 0.2) is 0 Å². The van der Waals surface area contributed by atoms with E-state index in [0.29, 0.717) is 5.69 Å². The van der Waals surface area contributed by atoms with Crippen LogP contribution < -0.4 is 0 Å². The van der Waals surface area contributed by atoms with Gasteiger partial charge in [0, 0.05) is 18.6 Å². The summed E-state index contributed by atoms with van der Waals surface area (Å²) in [5.74, 6) is -0.373. The van der Waals surface area contributed by atoms with Crippen LogP contribution in [-0.2, 0) is 0 Å². The summed E-state index contributed by atoms with van der Waals surface area (Å²) in [6.07, 6.45) is 4.91. The third kappa shape index (κ3) is 1.97. The fourth-order valence-electron chi connectivity index (χ4n) is 1.33. The summed E-state index contributed by atoms with van der Waals surface area (Å²) in [5.41, 5.74) is 1.54. The minimum atomic E-state index is -0.373. The van der Waals surface area contributed by atoms with Crippen LogP contribution in [0.25, 0.3) is 0 Å². The zero-order valence-corrected chi connectivity index (χ0v) is 7.91. The molecule has 0 saturated heterocycles. The van der Waals surface area contributed by atoms with Gasteiger partial charge in [0.1, 0.15) is 5.92 Å². The molecule has 0 saturated carbocycles. The highest BCUT2D eigenvalue weighted by Gasteiger charge is 2.14. The van der Waals surface area contributed by atoms with Crippen molar-refractivity contribution in [3.8, 4) is 6.07 Å². The molecule has 2 aromatic rings. The number of nitrogens with zero attached hydrogens (tertiary/aromatic N) is 4. The number of rotatable bonds is 2. The number of nitriles is 1. The summed E-state index contributed by atoms with van der Waals surface area (Å²) in [6, 6.07) is 9.39. The van der Waals surface area contributed by atoms with Gasteiger partial charge in [0.2, 0.25) is 0 Å². The Morgan fingerprint density at radius 2 is 1.93 bits per heavy atom. The summed E-state index contributed by atoms with van der Waals surface area (Å²) < 4.78 is 0. The average Bonchev–Trinajstić information content (AvgIpc) is 2.33. The van der Waals surface area contributed by atoms with Crippen LogP contribution in [0.5, 0.6) is 0 Å². The van der Waals surface area contributed by atoms with Crippen molar-refractivity contribution in [1.29, 1.82) is 5.26 Å². The van der Waals surface area contributed by atoms with E-state index in [0.717, 1.165) is 5.56 Å². The Kier molecular flexibility index (Phi) is 2.65. The maximum atomic E-state index is 9.09. The molecule has 4 nitrogen and oxygen atoms in total. The van der Waals surface area contributed by atoms with Crippen LogP contribution in [0.3, 0.4) is 0 Å². The van der Waals surface area contributed by atoms with Crippen molar-refractivity contribution in [2.75, 3.05) is 0 Å². The second-order valence-corrected chi connectivity index (χ2v) is 2.99. The maximum absolute atomic E-state index is 9.09. The van der Waals surface area contributed by atoms with E-state index in [-0.39, 0.29) is 5.92 Å². The van der Waals surface area contributed by atoms with Crippen molar-refractivity contribution in [2.24, 2.45) is 0 Å². The smallest absolute Gasteiger partial charge is 0.115 e. The molecule has 0 spiro atoms. The quantitative estimate of drug-likeness (QED) is 0.730. The SMILES string of the molecule is N#CC(c1ccncc1)c1cccnn1. The molecular formula is C11H8N4. The Bertz CT molecular complexity index is 421. The molecule has 0 radical (unpaired) electrons. The third-order valence-electron chi connectivity index (χ3n) is 2.06. The van der Waals surface area contributed by atoms with Crippen LogP contribution in [0.4, 0.5) is 0 Å². The molecule has 2 heterocycles. The first kappa shape index (κ1) is 9.28. The Morgan fingerprint density at radius 1 is 1.13 bits per heavy atom. The van der Waals surface area contributed by atoms with Crippen LogP contribution in [-0.4, -0.2) is 15.2 Å². The lowest BCUT2D eigenvalue weighted by Crippen LogP contribution is -2.01. The highest BCUT2D eigenvalue weighted by atomic mass is 15.1. The molecule has 15 heavy (non-hydrogen) atoms. The van der Waals surface area contributed by atoms with Gasteiger partial charge < -0.3 is 0 Å². The van der Waals surface area contributed by atoms with Crippen molar-refractivity contribution in [3.63, 3.8) is 0 Å². The second kappa shape index (κ2) is 4.29. The lowest BCUT2D eigenvalue weighted by atomic mass is 9.98. The second-order valence-electron chi connectivity index (χ2n) is 2.99. The monoisotopic (exact) mass is 196 g/mol. The van der Waals surface area contributed by atoms with Crippen molar-refractivity contribution in [3.05, 3.63) is 54.1 Å². The minimum Gasteiger partial charge on any atom is -0.265 e. The molecule has 0 fully saturated rings. The first-order chi connectivity index (χ1) is 7.42. The molecule has 0 amide bonds. The van der Waals surface area contributed by atoms with Gasteiger partial charge in [-0.05, 0) is 29.8 Å². The molecule has 1 atom stereocenters. The van der Waals surface area contributed by atoms with Gasteiger partial charge in [0.05, 0.1) is 11.8 Å². The minimum absolute atomic E-state index is 0.373. The van der Waals surface area contributed by atoms with E-state index < -0.39 is 0 Å².